The lowest BCUT2D eigenvalue weighted by molar-refractivity contribution is 0.0924. The molecule has 3 nitrogen and oxygen atoms in total. The Balaban J connectivity index is 1.77. The Hall–Kier alpha value is -2.20. The molecular formula is C20H23FN2O. The highest BCUT2D eigenvalue weighted by molar-refractivity contribution is 5.95. The van der Waals surface area contributed by atoms with Gasteiger partial charge >= 0.3 is 0 Å². The minimum Gasteiger partial charge on any atom is -0.349 e. The lowest BCUT2D eigenvalue weighted by Crippen LogP contribution is -2.40. The average Bonchev–Trinajstić information content (AvgIpc) is 3.02. The van der Waals surface area contributed by atoms with Crippen molar-refractivity contribution in [2.75, 3.05) is 6.54 Å². The zero-order chi connectivity index (χ0) is 17.1. The first-order valence-electron chi connectivity index (χ1n) is 8.46. The summed E-state index contributed by atoms with van der Waals surface area (Å²) >= 11 is 0. The maximum Gasteiger partial charge on any atom is 0.254 e. The number of aryl methyl sites for hydroxylation is 1. The summed E-state index contributed by atoms with van der Waals surface area (Å²) in [4.78, 5) is 12.4. The number of carbonyl (C=O) groups excluding carboxylic acids is 1. The van der Waals surface area contributed by atoms with Crippen molar-refractivity contribution in [2.24, 2.45) is 11.7 Å². The van der Waals surface area contributed by atoms with Crippen molar-refractivity contribution in [3.8, 4) is 11.1 Å². The molecule has 0 aliphatic heterocycles. The first-order valence-corrected chi connectivity index (χ1v) is 8.46. The summed E-state index contributed by atoms with van der Waals surface area (Å²) in [6.07, 6.45) is 2.99. The number of amides is 1. The van der Waals surface area contributed by atoms with Crippen LogP contribution in [0, 0.1) is 18.7 Å². The quantitative estimate of drug-likeness (QED) is 0.901. The van der Waals surface area contributed by atoms with Gasteiger partial charge in [-0.05, 0) is 55.5 Å². The summed E-state index contributed by atoms with van der Waals surface area (Å²) in [5.74, 6) is -0.551. The zero-order valence-corrected chi connectivity index (χ0v) is 13.9. The molecule has 1 amide bonds. The number of carbonyl (C=O) groups is 1. The Bertz CT molecular complexity index is 727. The molecule has 1 saturated carbocycles. The lowest BCUT2D eigenvalue weighted by atomic mass is 10.0. The third kappa shape index (κ3) is 3.49. The number of nitrogens with two attached hydrogens (primary N) is 1. The summed E-state index contributed by atoms with van der Waals surface area (Å²) in [6.45, 7) is 2.56. The normalized spacial score (nSPS) is 20.1. The van der Waals surface area contributed by atoms with Crippen LogP contribution in [0.1, 0.15) is 35.2 Å². The second-order valence-electron chi connectivity index (χ2n) is 6.57. The standard InChI is InChI=1S/C20H23FN2O/c1-13-5-7-14(8-6-13)15-9-10-17(18(21)11-15)20(24)23-19-4-2-3-16(19)12-22/h5-11,16,19H,2-4,12,22H2,1H3,(H,23,24). The van der Waals surface area contributed by atoms with Gasteiger partial charge in [0.1, 0.15) is 5.82 Å². The van der Waals surface area contributed by atoms with Gasteiger partial charge < -0.3 is 11.1 Å². The van der Waals surface area contributed by atoms with Crippen LogP contribution in [0.3, 0.4) is 0 Å². The van der Waals surface area contributed by atoms with E-state index in [0.29, 0.717) is 12.5 Å². The molecule has 4 heteroatoms. The van der Waals surface area contributed by atoms with Crippen molar-refractivity contribution in [1.29, 1.82) is 0 Å². The van der Waals surface area contributed by atoms with Crippen molar-refractivity contribution in [1.82, 2.24) is 5.32 Å². The van der Waals surface area contributed by atoms with E-state index in [0.717, 1.165) is 36.0 Å². The van der Waals surface area contributed by atoms with E-state index in [1.165, 1.54) is 6.07 Å². The van der Waals surface area contributed by atoms with Crippen LogP contribution in [0.4, 0.5) is 4.39 Å². The fraction of sp³-hybridized carbons (Fsp3) is 0.350. The Morgan fingerprint density at radius 1 is 1.17 bits per heavy atom. The predicted octanol–water partition coefficient (Wildman–Crippen LogP) is 3.66. The van der Waals surface area contributed by atoms with Crippen molar-refractivity contribution in [2.45, 2.75) is 32.2 Å². The minimum atomic E-state index is -0.493. The van der Waals surface area contributed by atoms with Crippen LogP contribution in [0.15, 0.2) is 42.5 Å². The van der Waals surface area contributed by atoms with E-state index in [-0.39, 0.29) is 17.5 Å². The highest BCUT2D eigenvalue weighted by Gasteiger charge is 2.28. The van der Waals surface area contributed by atoms with Crippen LogP contribution < -0.4 is 11.1 Å². The van der Waals surface area contributed by atoms with Gasteiger partial charge in [0.2, 0.25) is 0 Å². The number of benzene rings is 2. The van der Waals surface area contributed by atoms with Crippen molar-refractivity contribution >= 4 is 5.91 Å². The van der Waals surface area contributed by atoms with Gasteiger partial charge in [0.25, 0.3) is 5.91 Å². The summed E-state index contributed by atoms with van der Waals surface area (Å²) in [7, 11) is 0. The molecule has 0 spiro atoms. The zero-order valence-electron chi connectivity index (χ0n) is 13.9. The number of halogens is 1. The van der Waals surface area contributed by atoms with Crippen molar-refractivity contribution < 1.29 is 9.18 Å². The van der Waals surface area contributed by atoms with Gasteiger partial charge in [-0.25, -0.2) is 4.39 Å². The van der Waals surface area contributed by atoms with Gasteiger partial charge in [-0.15, -0.1) is 0 Å². The van der Waals surface area contributed by atoms with Crippen LogP contribution in [-0.4, -0.2) is 18.5 Å². The van der Waals surface area contributed by atoms with Crippen molar-refractivity contribution in [3.05, 3.63) is 59.4 Å². The Labute approximate surface area is 142 Å². The van der Waals surface area contributed by atoms with E-state index < -0.39 is 5.82 Å². The maximum absolute atomic E-state index is 14.4. The Kier molecular flexibility index (Phi) is 4.95. The van der Waals surface area contributed by atoms with Gasteiger partial charge in [0.05, 0.1) is 5.56 Å². The average molecular weight is 326 g/mol. The minimum absolute atomic E-state index is 0.0543. The van der Waals surface area contributed by atoms with E-state index in [1.54, 1.807) is 12.1 Å². The second-order valence-corrected chi connectivity index (χ2v) is 6.57. The fourth-order valence-electron chi connectivity index (χ4n) is 3.38. The van der Waals surface area contributed by atoms with E-state index in [4.69, 9.17) is 5.73 Å². The summed E-state index contributed by atoms with van der Waals surface area (Å²) in [5.41, 5.74) is 8.69. The molecule has 2 aromatic rings. The van der Waals surface area contributed by atoms with Gasteiger partial charge in [0.15, 0.2) is 0 Å². The van der Waals surface area contributed by atoms with E-state index in [1.807, 2.05) is 31.2 Å². The molecular weight excluding hydrogens is 303 g/mol. The van der Waals surface area contributed by atoms with Gasteiger partial charge in [-0.1, -0.05) is 42.3 Å². The molecule has 2 atom stereocenters. The Morgan fingerprint density at radius 3 is 2.54 bits per heavy atom. The first-order chi connectivity index (χ1) is 11.6. The molecule has 2 unspecified atom stereocenters. The first kappa shape index (κ1) is 16.7. The smallest absolute Gasteiger partial charge is 0.254 e. The monoisotopic (exact) mass is 326 g/mol. The highest BCUT2D eigenvalue weighted by Crippen LogP contribution is 2.26. The number of hydrogen-bond donors (Lipinski definition) is 2. The van der Waals surface area contributed by atoms with Crippen molar-refractivity contribution in [3.63, 3.8) is 0 Å². The third-order valence-corrected chi connectivity index (χ3v) is 4.88. The molecule has 3 N–H and O–H groups in total. The summed E-state index contributed by atoms with van der Waals surface area (Å²) in [6, 6.07) is 12.7. The molecule has 0 saturated heterocycles. The lowest BCUT2D eigenvalue weighted by Gasteiger charge is -2.19. The molecule has 0 bridgehead atoms. The molecule has 0 radical (unpaired) electrons. The van der Waals surface area contributed by atoms with Gasteiger partial charge in [-0.2, -0.15) is 0 Å². The number of hydrogen-bond acceptors (Lipinski definition) is 2. The summed E-state index contributed by atoms with van der Waals surface area (Å²) < 4.78 is 14.4. The SMILES string of the molecule is Cc1ccc(-c2ccc(C(=O)NC3CCCC3CN)c(F)c2)cc1. The number of rotatable bonds is 4. The third-order valence-electron chi connectivity index (χ3n) is 4.88. The Morgan fingerprint density at radius 2 is 1.88 bits per heavy atom. The van der Waals surface area contributed by atoms with Crippen LogP contribution in [0.5, 0.6) is 0 Å². The van der Waals surface area contributed by atoms with Crippen LogP contribution >= 0.6 is 0 Å². The molecule has 1 aliphatic carbocycles. The maximum atomic E-state index is 14.4. The fourth-order valence-corrected chi connectivity index (χ4v) is 3.38. The molecule has 126 valence electrons. The van der Waals surface area contributed by atoms with Crippen LogP contribution in [0.25, 0.3) is 11.1 Å². The molecule has 1 aliphatic rings. The molecule has 0 heterocycles. The molecule has 0 aromatic heterocycles. The molecule has 2 aromatic carbocycles. The molecule has 1 fully saturated rings. The van der Waals surface area contributed by atoms with Gasteiger partial charge in [0, 0.05) is 6.04 Å². The molecule has 24 heavy (non-hydrogen) atoms. The van der Waals surface area contributed by atoms with E-state index >= 15 is 0 Å². The number of nitrogens with one attached hydrogen (secondary N) is 1. The summed E-state index contributed by atoms with van der Waals surface area (Å²) in [5, 5.41) is 2.94. The van der Waals surface area contributed by atoms with E-state index in [9.17, 15) is 9.18 Å². The second kappa shape index (κ2) is 7.14. The van der Waals surface area contributed by atoms with Crippen LogP contribution in [-0.2, 0) is 0 Å². The van der Waals surface area contributed by atoms with Gasteiger partial charge in [-0.3, -0.25) is 4.79 Å². The largest absolute Gasteiger partial charge is 0.349 e. The topological polar surface area (TPSA) is 55.1 Å². The van der Waals surface area contributed by atoms with E-state index in [2.05, 4.69) is 5.32 Å². The highest BCUT2D eigenvalue weighted by atomic mass is 19.1. The van der Waals surface area contributed by atoms with Crippen LogP contribution in [0.2, 0.25) is 0 Å². The molecule has 3 rings (SSSR count). The predicted molar refractivity (Wildman–Crippen MR) is 94.2 cm³/mol.